The van der Waals surface area contributed by atoms with Crippen molar-refractivity contribution >= 4 is 64.8 Å². The van der Waals surface area contributed by atoms with Crippen LogP contribution < -0.4 is 9.80 Å². The van der Waals surface area contributed by atoms with Gasteiger partial charge in [-0.2, -0.15) is 16.8 Å². The number of halogens is 1. The van der Waals surface area contributed by atoms with Crippen molar-refractivity contribution in [3.8, 4) is 0 Å². The van der Waals surface area contributed by atoms with E-state index in [9.17, 15) is 27.3 Å². The summed E-state index contributed by atoms with van der Waals surface area (Å²) in [6.45, 7) is 9.66. The highest BCUT2D eigenvalue weighted by Gasteiger charge is 2.44. The van der Waals surface area contributed by atoms with Crippen molar-refractivity contribution in [3.05, 3.63) is 130 Å². The fourth-order valence-electron chi connectivity index (χ4n) is 9.23. The quantitative estimate of drug-likeness (QED) is 0.101. The third kappa shape index (κ3) is 8.48. The number of nitrogens with zero attached hydrogens (tertiary/aromatic N) is 2. The monoisotopic (exact) mass is 829 g/mol. The maximum absolute atomic E-state index is 11.5. The second kappa shape index (κ2) is 16.0. The van der Waals surface area contributed by atoms with E-state index in [1.165, 1.54) is 10.9 Å². The molecule has 0 spiro atoms. The van der Waals surface area contributed by atoms with Crippen molar-refractivity contribution in [3.63, 3.8) is 0 Å². The molecule has 1 aliphatic carbocycles. The summed E-state index contributed by atoms with van der Waals surface area (Å²) in [5, 5.41) is 5.17. The molecule has 8 nitrogen and oxygen atoms in total. The predicted molar refractivity (Wildman–Crippen MR) is 236 cm³/mol. The van der Waals surface area contributed by atoms with Gasteiger partial charge in [0.2, 0.25) is 0 Å². The topological polar surface area (TPSA) is 115 Å². The summed E-state index contributed by atoms with van der Waals surface area (Å²) < 4.78 is 75.0. The molecule has 0 saturated carbocycles. The molecule has 4 aromatic carbocycles. The van der Waals surface area contributed by atoms with E-state index < -0.39 is 31.7 Å². The van der Waals surface area contributed by atoms with E-state index in [0.29, 0.717) is 37.4 Å². The Morgan fingerprint density at radius 1 is 0.754 bits per heavy atom. The molecular formula is C46H53ClN2O6S2. The summed E-state index contributed by atoms with van der Waals surface area (Å²) in [7, 11) is -8.14. The maximum atomic E-state index is 11.5. The first-order chi connectivity index (χ1) is 27.3. The van der Waals surface area contributed by atoms with Crippen LogP contribution in [-0.2, 0) is 31.1 Å². The first kappa shape index (κ1) is 39.9. The molecule has 0 aromatic heterocycles. The smallest absolute Gasteiger partial charge is 0.264 e. The molecule has 57 heavy (non-hydrogen) atoms. The number of fused-ring (bicyclic) bond motifs is 6. The van der Waals surface area contributed by atoms with Crippen LogP contribution in [0.1, 0.15) is 85.1 Å². The number of allylic oxidation sites excluding steroid dienone is 7. The van der Waals surface area contributed by atoms with Crippen LogP contribution in [0.3, 0.4) is 0 Å². The number of rotatable bonds is 13. The van der Waals surface area contributed by atoms with Crippen molar-refractivity contribution in [2.45, 2.75) is 89.5 Å². The Hall–Kier alpha value is -3.93. The van der Waals surface area contributed by atoms with Gasteiger partial charge in [-0.05, 0) is 107 Å². The van der Waals surface area contributed by atoms with Crippen molar-refractivity contribution in [2.75, 3.05) is 34.4 Å². The molecule has 1 atom stereocenters. The van der Waals surface area contributed by atoms with E-state index in [-0.39, 0.29) is 23.3 Å². The van der Waals surface area contributed by atoms with E-state index in [4.69, 9.17) is 11.6 Å². The normalized spacial score (nSPS) is 22.3. The Bertz CT molecular complexity index is 2610. The van der Waals surface area contributed by atoms with E-state index in [0.717, 1.165) is 69.2 Å². The van der Waals surface area contributed by atoms with Gasteiger partial charge in [-0.15, -0.1) is 0 Å². The Morgan fingerprint density at radius 2 is 1.33 bits per heavy atom. The van der Waals surface area contributed by atoms with Crippen LogP contribution in [0.4, 0.5) is 11.4 Å². The van der Waals surface area contributed by atoms with Crippen molar-refractivity contribution < 1.29 is 27.3 Å². The first-order valence-electron chi connectivity index (χ1n) is 20.3. The molecule has 11 heteroatoms. The second-order valence-corrected chi connectivity index (χ2v) is 20.1. The standard InChI is InChI=1S/C46H53ClN2O6S2/c1-45(2)40(48(28-9-11-30-56(50,51)52)38-24-20-32-14-5-7-18-36(32)42(38)45)26-22-34-16-13-17-35(44(34)47)23-27-41-46(3,4)43-37-19-8-6-15-33(37)21-25-39(43)49(41)29-10-12-31-57(53,54)55/h5-8,14-15,18-27,40H,9-13,16-17,28-31H2,1-4H3,(H,50,51,52)(H,53,54,55)/b26-22+,35-23+,41-27+/i40D. The number of benzene rings is 4. The number of hydrogen-bond acceptors (Lipinski definition) is 6. The Kier molecular flexibility index (Phi) is 11.2. The zero-order chi connectivity index (χ0) is 41.7. The molecule has 4 aromatic rings. The summed E-state index contributed by atoms with van der Waals surface area (Å²) in [6.07, 6.45) is 12.4. The fourth-order valence-corrected chi connectivity index (χ4v) is 10.7. The van der Waals surface area contributed by atoms with Gasteiger partial charge in [0.1, 0.15) is 0 Å². The van der Waals surface area contributed by atoms with E-state index in [1.807, 2.05) is 30.4 Å². The SMILES string of the molecule is [2H]C1(/C=C/C2=C(Cl)C(=C/C=C3/N(CCCCS(=O)(=O)O)c4ccc5ccccc5c4C3(C)C)/CCC2)N(CCCCS(=O)(=O)O)c2ccc3ccccc3c2C1(C)C. The first-order valence-corrected chi connectivity index (χ1v) is 23.4. The zero-order valence-electron chi connectivity index (χ0n) is 34.1. The van der Waals surface area contributed by atoms with Gasteiger partial charge in [0.15, 0.2) is 0 Å². The summed E-state index contributed by atoms with van der Waals surface area (Å²) in [6, 6.07) is 23.7. The lowest BCUT2D eigenvalue weighted by Gasteiger charge is -2.33. The molecule has 2 N–H and O–H groups in total. The molecule has 0 fully saturated rings. The van der Waals surface area contributed by atoms with Gasteiger partial charge in [0.25, 0.3) is 20.2 Å². The summed E-state index contributed by atoms with van der Waals surface area (Å²) in [5.74, 6) is -0.602. The largest absolute Gasteiger partial charge is 0.364 e. The molecule has 7 rings (SSSR count). The minimum Gasteiger partial charge on any atom is -0.364 e. The highest BCUT2D eigenvalue weighted by molar-refractivity contribution is 7.86. The van der Waals surface area contributed by atoms with Crippen LogP contribution in [0.25, 0.3) is 21.5 Å². The third-order valence-corrected chi connectivity index (χ3v) is 14.0. The molecule has 302 valence electrons. The maximum Gasteiger partial charge on any atom is 0.264 e. The van der Waals surface area contributed by atoms with Gasteiger partial charge in [-0.1, -0.05) is 118 Å². The molecule has 0 bridgehead atoms. The molecule has 0 radical (unpaired) electrons. The van der Waals surface area contributed by atoms with Crippen molar-refractivity contribution in [1.29, 1.82) is 0 Å². The Morgan fingerprint density at radius 3 is 1.96 bits per heavy atom. The van der Waals surface area contributed by atoms with Crippen LogP contribution >= 0.6 is 11.6 Å². The lowest BCUT2D eigenvalue weighted by molar-refractivity contribution is 0.468. The number of unbranched alkanes of at least 4 members (excludes halogenated alkanes) is 2. The van der Waals surface area contributed by atoms with Gasteiger partial charge < -0.3 is 9.80 Å². The predicted octanol–water partition coefficient (Wildman–Crippen LogP) is 10.6. The Labute approximate surface area is 344 Å². The second-order valence-electron chi connectivity index (χ2n) is 16.6. The zero-order valence-corrected chi connectivity index (χ0v) is 35.5. The molecule has 2 heterocycles. The molecule has 2 aliphatic heterocycles. The van der Waals surface area contributed by atoms with Crippen molar-refractivity contribution in [2.24, 2.45) is 0 Å². The molecule has 0 saturated heterocycles. The van der Waals surface area contributed by atoms with E-state index >= 15 is 0 Å². The third-order valence-electron chi connectivity index (χ3n) is 11.9. The van der Waals surface area contributed by atoms with E-state index in [2.05, 4.69) is 104 Å². The van der Waals surface area contributed by atoms with Crippen LogP contribution in [0.2, 0.25) is 0 Å². The summed E-state index contributed by atoms with van der Waals surface area (Å²) >= 11 is 7.29. The molecular weight excluding hydrogens is 776 g/mol. The van der Waals surface area contributed by atoms with Crippen molar-refractivity contribution in [1.82, 2.24) is 0 Å². The molecule has 1 unspecified atom stereocenters. The average molecular weight is 831 g/mol. The molecule has 0 amide bonds. The van der Waals surface area contributed by atoms with Gasteiger partial charge >= 0.3 is 0 Å². The number of anilines is 2. The lowest BCUT2D eigenvalue weighted by Crippen LogP contribution is -2.40. The van der Waals surface area contributed by atoms with Crippen LogP contribution in [0.5, 0.6) is 0 Å². The van der Waals surface area contributed by atoms with Gasteiger partial charge in [0.05, 0.1) is 18.9 Å². The minimum absolute atomic E-state index is 0.277. The fraction of sp³-hybridized carbons (Fsp3) is 0.391. The van der Waals surface area contributed by atoms with Crippen LogP contribution in [0, 0.1) is 0 Å². The summed E-state index contributed by atoms with van der Waals surface area (Å²) in [5.41, 5.74) is 6.33. The average Bonchev–Trinajstić information content (AvgIpc) is 3.49. The summed E-state index contributed by atoms with van der Waals surface area (Å²) in [4.78, 5) is 4.35. The minimum atomic E-state index is -4.09. The van der Waals surface area contributed by atoms with Crippen LogP contribution in [0.15, 0.2) is 119 Å². The number of hydrogen-bond donors (Lipinski definition) is 2. The molecule has 3 aliphatic rings. The highest BCUT2D eigenvalue weighted by Crippen LogP contribution is 2.52. The van der Waals surface area contributed by atoms with Gasteiger partial charge in [-0.25, -0.2) is 0 Å². The van der Waals surface area contributed by atoms with E-state index in [1.54, 1.807) is 0 Å². The Balaban J connectivity index is 1.24. The van der Waals surface area contributed by atoms with Crippen LogP contribution in [-0.4, -0.2) is 56.6 Å². The van der Waals surface area contributed by atoms with Gasteiger partial charge in [0, 0.05) is 46.0 Å². The lowest BCUT2D eigenvalue weighted by atomic mass is 9.78. The highest BCUT2D eigenvalue weighted by atomic mass is 35.5. The van der Waals surface area contributed by atoms with Gasteiger partial charge in [-0.3, -0.25) is 9.11 Å².